The fraction of sp³-hybridized carbons (Fsp3) is 0.286. The van der Waals surface area contributed by atoms with Gasteiger partial charge >= 0.3 is 0 Å². The van der Waals surface area contributed by atoms with Gasteiger partial charge in [0, 0.05) is 13.1 Å². The highest BCUT2D eigenvalue weighted by atomic mass is 32.2. The van der Waals surface area contributed by atoms with Crippen LogP contribution in [0.5, 0.6) is 0 Å². The van der Waals surface area contributed by atoms with Crippen molar-refractivity contribution in [3.05, 3.63) is 95.3 Å². The Kier molecular flexibility index (Phi) is 9.04. The number of rotatable bonds is 10. The van der Waals surface area contributed by atoms with Gasteiger partial charge in [0.2, 0.25) is 11.8 Å². The van der Waals surface area contributed by atoms with E-state index in [2.05, 4.69) is 5.32 Å². The maximum Gasteiger partial charge on any atom is 0.264 e. The number of nitrogens with one attached hydrogen (secondary N) is 1. The van der Waals surface area contributed by atoms with Gasteiger partial charge in [0.15, 0.2) is 0 Å². The Morgan fingerprint density at radius 3 is 2.24 bits per heavy atom. The second-order valence-electron chi connectivity index (χ2n) is 8.83. The van der Waals surface area contributed by atoms with Crippen molar-refractivity contribution in [1.82, 2.24) is 10.2 Å². The van der Waals surface area contributed by atoms with Crippen LogP contribution in [0.2, 0.25) is 0 Å². The molecule has 0 aromatic heterocycles. The molecular formula is C28H32FN3O4S. The molecule has 0 spiro atoms. The van der Waals surface area contributed by atoms with Crippen molar-refractivity contribution in [3.63, 3.8) is 0 Å². The summed E-state index contributed by atoms with van der Waals surface area (Å²) in [6.07, 6.45) is 0. The summed E-state index contributed by atoms with van der Waals surface area (Å²) in [7, 11) is -4.12. The van der Waals surface area contributed by atoms with Crippen molar-refractivity contribution in [2.75, 3.05) is 17.4 Å². The van der Waals surface area contributed by atoms with Crippen LogP contribution >= 0.6 is 0 Å². The van der Waals surface area contributed by atoms with Crippen LogP contribution in [0.4, 0.5) is 10.1 Å². The number of carbonyl (C=O) groups excluding carboxylic acids is 2. The number of hydrogen-bond acceptors (Lipinski definition) is 4. The fourth-order valence-corrected chi connectivity index (χ4v) is 5.40. The van der Waals surface area contributed by atoms with Gasteiger partial charge in [0.25, 0.3) is 10.0 Å². The molecule has 3 aromatic rings. The maximum absolute atomic E-state index is 13.8. The van der Waals surface area contributed by atoms with E-state index >= 15 is 0 Å². The number of halogens is 1. The third kappa shape index (κ3) is 6.74. The van der Waals surface area contributed by atoms with Crippen LogP contribution in [0, 0.1) is 19.7 Å². The van der Waals surface area contributed by atoms with Gasteiger partial charge in [0.05, 0.1) is 10.6 Å². The molecule has 0 saturated carbocycles. The summed E-state index contributed by atoms with van der Waals surface area (Å²) in [6, 6.07) is 18.0. The molecule has 0 aliphatic rings. The van der Waals surface area contributed by atoms with Crippen molar-refractivity contribution in [1.29, 1.82) is 0 Å². The first-order chi connectivity index (χ1) is 17.5. The number of amides is 2. The van der Waals surface area contributed by atoms with Gasteiger partial charge < -0.3 is 10.2 Å². The molecule has 3 aromatic carbocycles. The van der Waals surface area contributed by atoms with Gasteiger partial charge in [-0.05, 0) is 74.7 Å². The summed E-state index contributed by atoms with van der Waals surface area (Å²) in [6.45, 7) is 6.83. The van der Waals surface area contributed by atoms with Crippen molar-refractivity contribution in [2.45, 2.75) is 45.2 Å². The third-order valence-corrected chi connectivity index (χ3v) is 7.80. The van der Waals surface area contributed by atoms with Gasteiger partial charge in [-0.25, -0.2) is 12.8 Å². The van der Waals surface area contributed by atoms with Crippen LogP contribution in [0.15, 0.2) is 77.7 Å². The van der Waals surface area contributed by atoms with Crippen LogP contribution in [0.25, 0.3) is 0 Å². The minimum absolute atomic E-state index is 0.00341. The number of anilines is 1. The molecule has 0 heterocycles. The van der Waals surface area contributed by atoms with E-state index in [1.54, 1.807) is 51.1 Å². The van der Waals surface area contributed by atoms with E-state index in [4.69, 9.17) is 0 Å². The number of nitrogens with zero attached hydrogens (tertiary/aromatic N) is 2. The quantitative estimate of drug-likeness (QED) is 0.430. The number of likely N-dealkylation sites (N-methyl/N-ethyl adjacent to an activating group) is 1. The van der Waals surface area contributed by atoms with E-state index in [0.717, 1.165) is 9.87 Å². The van der Waals surface area contributed by atoms with Crippen molar-refractivity contribution in [3.8, 4) is 0 Å². The molecule has 0 bridgehead atoms. The second kappa shape index (κ2) is 12.0. The van der Waals surface area contributed by atoms with Crippen LogP contribution in [-0.2, 0) is 26.2 Å². The first-order valence-electron chi connectivity index (χ1n) is 12.0. The number of benzene rings is 3. The first-order valence-corrected chi connectivity index (χ1v) is 13.4. The number of carbonyl (C=O) groups is 2. The summed E-state index contributed by atoms with van der Waals surface area (Å²) in [5.74, 6) is -1.36. The average Bonchev–Trinajstić information content (AvgIpc) is 2.88. The van der Waals surface area contributed by atoms with Crippen molar-refractivity contribution >= 4 is 27.5 Å². The van der Waals surface area contributed by atoms with E-state index < -0.39 is 34.3 Å². The summed E-state index contributed by atoms with van der Waals surface area (Å²) >= 11 is 0. The standard InChI is InChI=1S/C28H32FN3O4S/c1-5-30-28(34)22(4)31(18-23-13-15-24(29)16-14-23)27(33)19-32(26-17-20(2)11-12-21(26)3)37(35,36)25-9-7-6-8-10-25/h6-17,22H,5,18-19H2,1-4H3,(H,30,34)/t22-/m0/s1. The lowest BCUT2D eigenvalue weighted by Gasteiger charge is -2.32. The topological polar surface area (TPSA) is 86.8 Å². The zero-order valence-electron chi connectivity index (χ0n) is 21.4. The molecule has 3 rings (SSSR count). The zero-order chi connectivity index (χ0) is 27.2. The van der Waals surface area contributed by atoms with Crippen LogP contribution in [-0.4, -0.2) is 44.3 Å². The molecule has 1 N–H and O–H groups in total. The second-order valence-corrected chi connectivity index (χ2v) is 10.7. The Balaban J connectivity index is 2.05. The fourth-order valence-electron chi connectivity index (χ4n) is 3.91. The maximum atomic E-state index is 13.8. The monoisotopic (exact) mass is 525 g/mol. The molecule has 37 heavy (non-hydrogen) atoms. The SMILES string of the molecule is CCNC(=O)[C@H](C)N(Cc1ccc(F)cc1)C(=O)CN(c1cc(C)ccc1C)S(=O)(=O)c1ccccc1. The van der Waals surface area contributed by atoms with Crippen LogP contribution < -0.4 is 9.62 Å². The van der Waals surface area contributed by atoms with E-state index in [1.807, 2.05) is 13.0 Å². The van der Waals surface area contributed by atoms with Crippen molar-refractivity contribution < 1.29 is 22.4 Å². The molecule has 9 heteroatoms. The number of hydrogen-bond donors (Lipinski definition) is 1. The van der Waals surface area contributed by atoms with Crippen LogP contribution in [0.3, 0.4) is 0 Å². The molecule has 196 valence electrons. The molecule has 7 nitrogen and oxygen atoms in total. The average molecular weight is 526 g/mol. The van der Waals surface area contributed by atoms with E-state index in [9.17, 15) is 22.4 Å². The van der Waals surface area contributed by atoms with Gasteiger partial charge in [-0.15, -0.1) is 0 Å². The minimum Gasteiger partial charge on any atom is -0.355 e. The Labute approximate surface area is 218 Å². The lowest BCUT2D eigenvalue weighted by molar-refractivity contribution is -0.139. The molecule has 1 atom stereocenters. The summed E-state index contributed by atoms with van der Waals surface area (Å²) < 4.78 is 42.1. The molecule has 0 unspecified atom stereocenters. The van der Waals surface area contributed by atoms with Gasteiger partial charge in [-0.2, -0.15) is 0 Å². The van der Waals surface area contributed by atoms with E-state index in [-0.39, 0.29) is 17.3 Å². The van der Waals surface area contributed by atoms with Crippen molar-refractivity contribution in [2.24, 2.45) is 0 Å². The predicted octanol–water partition coefficient (Wildman–Crippen LogP) is 4.19. The highest BCUT2D eigenvalue weighted by Gasteiger charge is 2.33. The molecule has 0 radical (unpaired) electrons. The molecule has 0 aliphatic carbocycles. The third-order valence-electron chi connectivity index (χ3n) is 6.03. The minimum atomic E-state index is -4.12. The highest BCUT2D eigenvalue weighted by Crippen LogP contribution is 2.28. The largest absolute Gasteiger partial charge is 0.355 e. The molecule has 2 amide bonds. The summed E-state index contributed by atoms with van der Waals surface area (Å²) in [5.41, 5.74) is 2.50. The predicted molar refractivity (Wildman–Crippen MR) is 142 cm³/mol. The first kappa shape index (κ1) is 27.9. The highest BCUT2D eigenvalue weighted by molar-refractivity contribution is 7.92. The molecular weight excluding hydrogens is 493 g/mol. The van der Waals surface area contributed by atoms with Gasteiger partial charge in [-0.1, -0.05) is 42.5 Å². The van der Waals surface area contributed by atoms with E-state index in [0.29, 0.717) is 23.4 Å². The lowest BCUT2D eigenvalue weighted by atomic mass is 10.1. The summed E-state index contributed by atoms with van der Waals surface area (Å²) in [5, 5.41) is 2.71. The number of sulfonamides is 1. The molecule has 0 saturated heterocycles. The van der Waals surface area contributed by atoms with E-state index in [1.165, 1.54) is 41.3 Å². The normalized spacial score (nSPS) is 12.0. The zero-order valence-corrected chi connectivity index (χ0v) is 22.3. The van der Waals surface area contributed by atoms with Gasteiger partial charge in [-0.3, -0.25) is 13.9 Å². The number of aryl methyl sites for hydroxylation is 2. The van der Waals surface area contributed by atoms with Gasteiger partial charge in [0.1, 0.15) is 18.4 Å². The Morgan fingerprint density at radius 2 is 1.62 bits per heavy atom. The molecule has 0 aliphatic heterocycles. The Morgan fingerprint density at radius 1 is 0.973 bits per heavy atom. The van der Waals surface area contributed by atoms with Crippen LogP contribution in [0.1, 0.15) is 30.5 Å². The Bertz CT molecular complexity index is 1350. The lowest BCUT2D eigenvalue weighted by Crippen LogP contribution is -2.51. The molecule has 0 fully saturated rings. The Hall–Kier alpha value is -3.72. The summed E-state index contributed by atoms with van der Waals surface area (Å²) in [4.78, 5) is 27.9. The smallest absolute Gasteiger partial charge is 0.264 e.